The van der Waals surface area contributed by atoms with Gasteiger partial charge in [-0.25, -0.2) is 4.39 Å². The van der Waals surface area contributed by atoms with E-state index < -0.39 is 0 Å². The topological polar surface area (TPSA) is 43.9 Å². The Labute approximate surface area is 148 Å². The number of likely N-dealkylation sites (tertiary alicyclic amines) is 1. The number of hydrogen-bond donors (Lipinski definition) is 0. The van der Waals surface area contributed by atoms with E-state index in [1.165, 1.54) is 6.07 Å². The van der Waals surface area contributed by atoms with Crippen LogP contribution in [0.3, 0.4) is 0 Å². The van der Waals surface area contributed by atoms with E-state index in [1.807, 2.05) is 27.7 Å². The summed E-state index contributed by atoms with van der Waals surface area (Å²) in [6.07, 6.45) is 1.21. The Bertz CT molecular complexity index is 643. The molecular formula is C19H26FN3O2. The Morgan fingerprint density at radius 3 is 2.56 bits per heavy atom. The van der Waals surface area contributed by atoms with Gasteiger partial charge in [0.1, 0.15) is 5.82 Å². The van der Waals surface area contributed by atoms with Crippen molar-refractivity contribution >= 4 is 17.5 Å². The molecule has 2 aliphatic rings. The number of halogens is 1. The lowest BCUT2D eigenvalue weighted by Crippen LogP contribution is -2.51. The van der Waals surface area contributed by atoms with Crippen LogP contribution in [0, 0.1) is 11.7 Å². The van der Waals surface area contributed by atoms with E-state index in [2.05, 4.69) is 6.92 Å². The molecule has 0 bridgehead atoms. The number of hydrogen-bond acceptors (Lipinski definition) is 3. The number of anilines is 1. The van der Waals surface area contributed by atoms with Gasteiger partial charge in [-0.15, -0.1) is 0 Å². The van der Waals surface area contributed by atoms with E-state index in [9.17, 15) is 14.0 Å². The summed E-state index contributed by atoms with van der Waals surface area (Å²) < 4.78 is 13.9. The summed E-state index contributed by atoms with van der Waals surface area (Å²) >= 11 is 0. The fourth-order valence-corrected chi connectivity index (χ4v) is 3.68. The van der Waals surface area contributed by atoms with Gasteiger partial charge in [0.05, 0.1) is 11.6 Å². The first-order chi connectivity index (χ1) is 12.0. The summed E-state index contributed by atoms with van der Waals surface area (Å²) in [6, 6.07) is 6.91. The molecule has 0 N–H and O–H groups in total. The second-order valence-corrected chi connectivity index (χ2v) is 6.97. The molecule has 0 saturated carbocycles. The highest BCUT2D eigenvalue weighted by atomic mass is 19.1. The lowest BCUT2D eigenvalue weighted by molar-refractivity contribution is -0.136. The number of carbonyl (C=O) groups excluding carboxylic acids is 2. The maximum absolute atomic E-state index is 13.9. The van der Waals surface area contributed by atoms with Crippen LogP contribution in [-0.4, -0.2) is 60.4 Å². The molecule has 2 heterocycles. The van der Waals surface area contributed by atoms with E-state index in [-0.39, 0.29) is 29.6 Å². The molecule has 0 spiro atoms. The second-order valence-electron chi connectivity index (χ2n) is 6.97. The highest BCUT2D eigenvalue weighted by Crippen LogP contribution is 2.25. The van der Waals surface area contributed by atoms with Gasteiger partial charge in [-0.05, 0) is 25.5 Å². The fraction of sp³-hybridized carbons (Fsp3) is 0.579. The SMILES string of the molecule is CCC(C)N1CC(C(=O)N2CCN(c3ccccc3F)CC2)CC1=O. The number of carbonyl (C=O) groups is 2. The van der Waals surface area contributed by atoms with Gasteiger partial charge < -0.3 is 14.7 Å². The minimum atomic E-state index is -0.235. The largest absolute Gasteiger partial charge is 0.366 e. The van der Waals surface area contributed by atoms with Gasteiger partial charge >= 0.3 is 0 Å². The molecule has 0 aromatic heterocycles. The zero-order valence-corrected chi connectivity index (χ0v) is 14.9. The number of piperazine rings is 1. The van der Waals surface area contributed by atoms with Crippen molar-refractivity contribution in [3.63, 3.8) is 0 Å². The van der Waals surface area contributed by atoms with Gasteiger partial charge in [-0.3, -0.25) is 9.59 Å². The molecule has 0 aliphatic carbocycles. The third-order valence-corrected chi connectivity index (χ3v) is 5.42. The average molecular weight is 347 g/mol. The average Bonchev–Trinajstić information content (AvgIpc) is 3.03. The molecule has 6 heteroatoms. The van der Waals surface area contributed by atoms with Gasteiger partial charge in [-0.2, -0.15) is 0 Å². The standard InChI is InChI=1S/C19H26FN3O2/c1-3-14(2)23-13-15(12-18(23)24)19(25)22-10-8-21(9-11-22)17-7-5-4-6-16(17)20/h4-7,14-15H,3,8-13H2,1-2H3. The summed E-state index contributed by atoms with van der Waals surface area (Å²) in [6.45, 7) is 6.97. The van der Waals surface area contributed by atoms with Crippen LogP contribution in [0.4, 0.5) is 10.1 Å². The van der Waals surface area contributed by atoms with Crippen LogP contribution in [0.25, 0.3) is 0 Å². The lowest BCUT2D eigenvalue weighted by atomic mass is 10.1. The summed E-state index contributed by atoms with van der Waals surface area (Å²) in [5.41, 5.74) is 0.591. The van der Waals surface area contributed by atoms with Gasteiger partial charge in [0, 0.05) is 45.2 Å². The van der Waals surface area contributed by atoms with Gasteiger partial charge in [0.2, 0.25) is 11.8 Å². The van der Waals surface area contributed by atoms with Crippen molar-refractivity contribution in [1.29, 1.82) is 0 Å². The summed E-state index contributed by atoms with van der Waals surface area (Å²) in [4.78, 5) is 30.6. The number of benzene rings is 1. The number of para-hydroxylation sites is 1. The third-order valence-electron chi connectivity index (χ3n) is 5.42. The van der Waals surface area contributed by atoms with E-state index in [0.29, 0.717) is 44.8 Å². The normalized spacial score (nSPS) is 22.4. The maximum Gasteiger partial charge on any atom is 0.228 e. The molecule has 25 heavy (non-hydrogen) atoms. The van der Waals surface area contributed by atoms with Crippen molar-refractivity contribution in [1.82, 2.24) is 9.80 Å². The number of amides is 2. The zero-order valence-electron chi connectivity index (χ0n) is 14.9. The molecule has 2 saturated heterocycles. The van der Waals surface area contributed by atoms with Crippen LogP contribution in [0.2, 0.25) is 0 Å². The molecule has 2 atom stereocenters. The van der Waals surface area contributed by atoms with E-state index in [1.54, 1.807) is 12.1 Å². The van der Waals surface area contributed by atoms with Crippen LogP contribution < -0.4 is 4.90 Å². The summed E-state index contributed by atoms with van der Waals surface area (Å²) in [7, 11) is 0. The minimum absolute atomic E-state index is 0.0623. The van der Waals surface area contributed by atoms with Crippen molar-refractivity contribution in [2.24, 2.45) is 5.92 Å². The fourth-order valence-electron chi connectivity index (χ4n) is 3.68. The van der Waals surface area contributed by atoms with Crippen molar-refractivity contribution in [2.45, 2.75) is 32.7 Å². The highest BCUT2D eigenvalue weighted by molar-refractivity contribution is 5.89. The van der Waals surface area contributed by atoms with Crippen LogP contribution >= 0.6 is 0 Å². The summed E-state index contributed by atoms with van der Waals surface area (Å²) in [5.74, 6) is -0.320. The number of nitrogens with zero attached hydrogens (tertiary/aromatic N) is 3. The van der Waals surface area contributed by atoms with Gasteiger partial charge in [0.25, 0.3) is 0 Å². The van der Waals surface area contributed by atoms with Gasteiger partial charge in [0.15, 0.2) is 0 Å². The molecule has 2 fully saturated rings. The Morgan fingerprint density at radius 2 is 1.92 bits per heavy atom. The third kappa shape index (κ3) is 3.62. The van der Waals surface area contributed by atoms with Crippen molar-refractivity contribution in [3.05, 3.63) is 30.1 Å². The van der Waals surface area contributed by atoms with Crippen molar-refractivity contribution in [2.75, 3.05) is 37.6 Å². The molecule has 0 radical (unpaired) electrons. The quantitative estimate of drug-likeness (QED) is 0.838. The van der Waals surface area contributed by atoms with Crippen molar-refractivity contribution in [3.8, 4) is 0 Å². The van der Waals surface area contributed by atoms with E-state index in [0.717, 1.165) is 6.42 Å². The molecule has 2 unspecified atom stereocenters. The Morgan fingerprint density at radius 1 is 1.24 bits per heavy atom. The smallest absolute Gasteiger partial charge is 0.228 e. The predicted molar refractivity (Wildman–Crippen MR) is 94.8 cm³/mol. The Balaban J connectivity index is 1.57. The van der Waals surface area contributed by atoms with E-state index >= 15 is 0 Å². The monoisotopic (exact) mass is 347 g/mol. The first-order valence-corrected chi connectivity index (χ1v) is 9.09. The zero-order chi connectivity index (χ0) is 18.0. The lowest BCUT2D eigenvalue weighted by Gasteiger charge is -2.37. The van der Waals surface area contributed by atoms with Crippen LogP contribution in [0.1, 0.15) is 26.7 Å². The molecule has 2 aliphatic heterocycles. The first-order valence-electron chi connectivity index (χ1n) is 9.09. The predicted octanol–water partition coefficient (Wildman–Crippen LogP) is 2.12. The molecule has 5 nitrogen and oxygen atoms in total. The first kappa shape index (κ1) is 17.7. The molecule has 2 amide bonds. The second kappa shape index (κ2) is 7.42. The van der Waals surface area contributed by atoms with Crippen molar-refractivity contribution < 1.29 is 14.0 Å². The van der Waals surface area contributed by atoms with E-state index in [4.69, 9.17) is 0 Å². The molecule has 3 rings (SSSR count). The Kier molecular flexibility index (Phi) is 5.25. The van der Waals surface area contributed by atoms with Crippen LogP contribution in [0.5, 0.6) is 0 Å². The summed E-state index contributed by atoms with van der Waals surface area (Å²) in [5, 5.41) is 0. The maximum atomic E-state index is 13.9. The molecule has 1 aromatic rings. The molecule has 136 valence electrons. The highest BCUT2D eigenvalue weighted by Gasteiger charge is 2.38. The van der Waals surface area contributed by atoms with Crippen LogP contribution in [-0.2, 0) is 9.59 Å². The van der Waals surface area contributed by atoms with Gasteiger partial charge in [-0.1, -0.05) is 19.1 Å². The Hall–Kier alpha value is -2.11. The number of rotatable bonds is 4. The minimum Gasteiger partial charge on any atom is -0.366 e. The molecular weight excluding hydrogens is 321 g/mol. The molecule has 1 aromatic carbocycles. The van der Waals surface area contributed by atoms with Crippen LogP contribution in [0.15, 0.2) is 24.3 Å².